The van der Waals surface area contributed by atoms with Crippen molar-refractivity contribution in [2.45, 2.75) is 32.1 Å². The molecule has 0 unspecified atom stereocenters. The number of thioether (sulfide) groups is 1. The van der Waals surface area contributed by atoms with Crippen molar-refractivity contribution < 1.29 is 9.59 Å². The van der Waals surface area contributed by atoms with Crippen molar-refractivity contribution in [3.8, 4) is 0 Å². The van der Waals surface area contributed by atoms with Gasteiger partial charge in [0.2, 0.25) is 11.8 Å². The molecule has 0 fully saturated rings. The van der Waals surface area contributed by atoms with Gasteiger partial charge in [0.05, 0.1) is 6.54 Å². The fraction of sp³-hybridized carbons (Fsp3) is 0.300. The quantitative estimate of drug-likeness (QED) is 0.741. The third kappa shape index (κ3) is 6.27. The first-order chi connectivity index (χ1) is 12.0. The summed E-state index contributed by atoms with van der Waals surface area (Å²) in [6, 6.07) is 14.1. The van der Waals surface area contributed by atoms with Gasteiger partial charge in [0.1, 0.15) is 0 Å². The zero-order valence-electron chi connectivity index (χ0n) is 14.9. The highest BCUT2D eigenvalue weighted by atomic mass is 32.2. The number of carbonyl (C=O) groups is 2. The van der Waals surface area contributed by atoms with Crippen molar-refractivity contribution in [2.24, 2.45) is 0 Å². The van der Waals surface area contributed by atoms with Crippen LogP contribution in [0.3, 0.4) is 0 Å². The average molecular weight is 356 g/mol. The Balaban J connectivity index is 1.70. The lowest BCUT2D eigenvalue weighted by Crippen LogP contribution is -2.33. The maximum Gasteiger partial charge on any atom is 0.243 e. The van der Waals surface area contributed by atoms with Crippen molar-refractivity contribution in [2.75, 3.05) is 17.6 Å². The van der Waals surface area contributed by atoms with Gasteiger partial charge in [0.25, 0.3) is 0 Å². The number of hydrogen-bond donors (Lipinski definition) is 2. The first-order valence-electron chi connectivity index (χ1n) is 8.28. The molecule has 0 aliphatic heterocycles. The van der Waals surface area contributed by atoms with Gasteiger partial charge in [-0.2, -0.15) is 0 Å². The molecule has 2 aromatic carbocycles. The average Bonchev–Trinajstić information content (AvgIpc) is 2.58. The lowest BCUT2D eigenvalue weighted by atomic mass is 10.1. The predicted molar refractivity (Wildman–Crippen MR) is 104 cm³/mol. The second-order valence-electron chi connectivity index (χ2n) is 6.00. The van der Waals surface area contributed by atoms with Crippen LogP contribution in [0, 0.1) is 20.8 Å². The van der Waals surface area contributed by atoms with Crippen LogP contribution in [0.5, 0.6) is 0 Å². The molecule has 0 atom stereocenters. The molecule has 0 bridgehead atoms. The van der Waals surface area contributed by atoms with E-state index in [0.717, 1.165) is 21.7 Å². The predicted octanol–water partition coefficient (Wildman–Crippen LogP) is 3.85. The fourth-order valence-corrected chi connectivity index (χ4v) is 3.21. The molecule has 0 radical (unpaired) electrons. The van der Waals surface area contributed by atoms with Gasteiger partial charge in [-0.3, -0.25) is 9.59 Å². The van der Waals surface area contributed by atoms with E-state index in [2.05, 4.69) is 34.9 Å². The third-order valence-corrected chi connectivity index (χ3v) is 4.82. The minimum absolute atomic E-state index is 0.0121. The molecular weight excluding hydrogens is 332 g/mol. The number of carbonyl (C=O) groups excluding carboxylic acids is 2. The zero-order valence-corrected chi connectivity index (χ0v) is 15.7. The Morgan fingerprint density at radius 3 is 2.20 bits per heavy atom. The van der Waals surface area contributed by atoms with E-state index in [9.17, 15) is 9.59 Å². The maximum absolute atomic E-state index is 12.0. The molecule has 0 aliphatic rings. The molecule has 2 N–H and O–H groups in total. The summed E-state index contributed by atoms with van der Waals surface area (Å²) in [5, 5.41) is 5.53. The Morgan fingerprint density at radius 2 is 1.56 bits per heavy atom. The van der Waals surface area contributed by atoms with Crippen LogP contribution in [0.15, 0.2) is 47.4 Å². The Morgan fingerprint density at radius 1 is 0.920 bits per heavy atom. The topological polar surface area (TPSA) is 58.2 Å². The number of benzene rings is 2. The Hall–Kier alpha value is -2.27. The Labute approximate surface area is 153 Å². The SMILES string of the molecule is Cc1ccc(SCCC(=O)NCC(=O)Nc2c(C)cccc2C)cc1. The second kappa shape index (κ2) is 9.28. The highest BCUT2D eigenvalue weighted by Crippen LogP contribution is 2.20. The van der Waals surface area contributed by atoms with Crippen LogP contribution in [0.1, 0.15) is 23.1 Å². The Kier molecular flexibility index (Phi) is 7.07. The van der Waals surface area contributed by atoms with E-state index in [1.54, 1.807) is 11.8 Å². The molecule has 132 valence electrons. The van der Waals surface area contributed by atoms with Gasteiger partial charge in [-0.1, -0.05) is 35.9 Å². The van der Waals surface area contributed by atoms with Crippen LogP contribution >= 0.6 is 11.8 Å². The first-order valence-corrected chi connectivity index (χ1v) is 9.26. The van der Waals surface area contributed by atoms with Crippen LogP contribution in [-0.2, 0) is 9.59 Å². The molecule has 0 spiro atoms. The highest BCUT2D eigenvalue weighted by molar-refractivity contribution is 7.99. The summed E-state index contributed by atoms with van der Waals surface area (Å²) in [6.07, 6.45) is 0.384. The van der Waals surface area contributed by atoms with Crippen LogP contribution in [-0.4, -0.2) is 24.1 Å². The zero-order chi connectivity index (χ0) is 18.2. The van der Waals surface area contributed by atoms with Crippen molar-refractivity contribution in [3.63, 3.8) is 0 Å². The van der Waals surface area contributed by atoms with E-state index in [4.69, 9.17) is 0 Å². The third-order valence-electron chi connectivity index (χ3n) is 3.81. The summed E-state index contributed by atoms with van der Waals surface area (Å²) in [5.74, 6) is 0.362. The largest absolute Gasteiger partial charge is 0.347 e. The number of amides is 2. The number of para-hydroxylation sites is 1. The summed E-state index contributed by atoms with van der Waals surface area (Å²) >= 11 is 1.64. The van der Waals surface area contributed by atoms with Crippen molar-refractivity contribution in [3.05, 3.63) is 59.2 Å². The van der Waals surface area contributed by atoms with Gasteiger partial charge >= 0.3 is 0 Å². The van der Waals surface area contributed by atoms with Crippen LogP contribution < -0.4 is 10.6 Å². The molecule has 0 aliphatic carbocycles. The maximum atomic E-state index is 12.0. The molecule has 0 saturated carbocycles. The Bertz CT molecular complexity index is 722. The van der Waals surface area contributed by atoms with E-state index in [-0.39, 0.29) is 18.4 Å². The van der Waals surface area contributed by atoms with Gasteiger partial charge in [0, 0.05) is 22.8 Å². The minimum Gasteiger partial charge on any atom is -0.347 e. The van der Waals surface area contributed by atoms with Crippen LogP contribution in [0.4, 0.5) is 5.69 Å². The molecule has 2 aromatic rings. The van der Waals surface area contributed by atoms with E-state index >= 15 is 0 Å². The molecule has 4 nitrogen and oxygen atoms in total. The molecule has 0 aromatic heterocycles. The van der Waals surface area contributed by atoms with E-state index < -0.39 is 0 Å². The van der Waals surface area contributed by atoms with Gasteiger partial charge in [-0.05, 0) is 44.0 Å². The standard InChI is InChI=1S/C20H24N2O2S/c1-14-7-9-17(10-8-14)25-12-11-18(23)21-13-19(24)22-20-15(2)5-4-6-16(20)3/h4-10H,11-13H2,1-3H3,(H,21,23)(H,22,24). The van der Waals surface area contributed by atoms with E-state index in [1.807, 2.05) is 39.0 Å². The number of aryl methyl sites for hydroxylation is 3. The molecule has 2 rings (SSSR count). The van der Waals surface area contributed by atoms with Crippen molar-refractivity contribution >= 4 is 29.3 Å². The van der Waals surface area contributed by atoms with Crippen LogP contribution in [0.25, 0.3) is 0 Å². The van der Waals surface area contributed by atoms with Crippen molar-refractivity contribution in [1.82, 2.24) is 5.32 Å². The van der Waals surface area contributed by atoms with Crippen LogP contribution in [0.2, 0.25) is 0 Å². The summed E-state index contributed by atoms with van der Waals surface area (Å²) in [5.41, 5.74) is 4.05. The normalized spacial score (nSPS) is 10.4. The van der Waals surface area contributed by atoms with E-state index in [0.29, 0.717) is 12.2 Å². The molecule has 5 heteroatoms. The minimum atomic E-state index is -0.211. The molecule has 0 heterocycles. The van der Waals surface area contributed by atoms with Gasteiger partial charge in [-0.15, -0.1) is 11.8 Å². The molecule has 2 amide bonds. The number of hydrogen-bond acceptors (Lipinski definition) is 3. The second-order valence-corrected chi connectivity index (χ2v) is 7.17. The molecule has 25 heavy (non-hydrogen) atoms. The van der Waals surface area contributed by atoms with Gasteiger partial charge in [-0.25, -0.2) is 0 Å². The molecule has 0 saturated heterocycles. The van der Waals surface area contributed by atoms with Gasteiger partial charge < -0.3 is 10.6 Å². The number of rotatable bonds is 7. The summed E-state index contributed by atoms with van der Waals surface area (Å²) in [6.45, 7) is 5.93. The van der Waals surface area contributed by atoms with E-state index in [1.165, 1.54) is 5.56 Å². The summed E-state index contributed by atoms with van der Waals surface area (Å²) < 4.78 is 0. The number of anilines is 1. The lowest BCUT2D eigenvalue weighted by Gasteiger charge is -2.12. The first kappa shape index (κ1) is 19.1. The summed E-state index contributed by atoms with van der Waals surface area (Å²) in [4.78, 5) is 25.0. The van der Waals surface area contributed by atoms with Crippen molar-refractivity contribution in [1.29, 1.82) is 0 Å². The molecular formula is C20H24N2O2S. The lowest BCUT2D eigenvalue weighted by molar-refractivity contribution is -0.123. The fourth-order valence-electron chi connectivity index (χ4n) is 2.36. The monoisotopic (exact) mass is 356 g/mol. The smallest absolute Gasteiger partial charge is 0.243 e. The number of nitrogens with one attached hydrogen (secondary N) is 2. The highest BCUT2D eigenvalue weighted by Gasteiger charge is 2.09. The van der Waals surface area contributed by atoms with Gasteiger partial charge in [0.15, 0.2) is 0 Å². The summed E-state index contributed by atoms with van der Waals surface area (Å²) in [7, 11) is 0.